The Kier molecular flexibility index (Phi) is 8.24. The van der Waals surface area contributed by atoms with Crippen LogP contribution in [-0.4, -0.2) is 27.3 Å². The molecule has 0 aliphatic rings. The van der Waals surface area contributed by atoms with E-state index in [-0.39, 0.29) is 35.8 Å². The molecule has 10 heteroatoms. The fraction of sp³-hybridized carbons (Fsp3) is 0.286. The molecular weight excluding hydrogens is 464 g/mol. The lowest BCUT2D eigenvalue weighted by Gasteiger charge is -2.16. The van der Waals surface area contributed by atoms with E-state index in [1.807, 2.05) is 19.1 Å². The Bertz CT molecular complexity index is 754. The van der Waals surface area contributed by atoms with Crippen LogP contribution in [-0.2, 0) is 6.54 Å². The number of rotatable bonds is 5. The molecule has 0 fully saturated rings. The minimum absolute atomic E-state index is 0. The zero-order valence-electron chi connectivity index (χ0n) is 12.8. The van der Waals surface area contributed by atoms with Crippen molar-refractivity contribution in [3.8, 4) is 6.07 Å². The van der Waals surface area contributed by atoms with Crippen LogP contribution in [0.3, 0.4) is 0 Å². The summed E-state index contributed by atoms with van der Waals surface area (Å²) in [5.74, 6) is 0.426. The molecule has 0 amide bonds. The van der Waals surface area contributed by atoms with Crippen molar-refractivity contribution < 1.29 is 0 Å². The van der Waals surface area contributed by atoms with Crippen molar-refractivity contribution in [2.45, 2.75) is 19.5 Å². The Morgan fingerprint density at radius 1 is 1.50 bits per heavy atom. The molecule has 1 atom stereocenters. The molecule has 2 aromatic rings. The second-order valence-corrected chi connectivity index (χ2v) is 5.59. The van der Waals surface area contributed by atoms with Gasteiger partial charge in [-0.3, -0.25) is 4.99 Å². The monoisotopic (exact) mass is 479 g/mol. The summed E-state index contributed by atoms with van der Waals surface area (Å²) in [6, 6.07) is 7.04. The quantitative estimate of drug-likeness (QED) is 0.389. The van der Waals surface area contributed by atoms with Crippen molar-refractivity contribution in [3.05, 3.63) is 46.0 Å². The van der Waals surface area contributed by atoms with Gasteiger partial charge in [0, 0.05) is 10.0 Å². The lowest BCUT2D eigenvalue weighted by atomic mass is 10.1. The molecule has 24 heavy (non-hydrogen) atoms. The van der Waals surface area contributed by atoms with Gasteiger partial charge in [0.05, 0.1) is 19.1 Å². The lowest BCUT2D eigenvalue weighted by Crippen LogP contribution is -2.34. The van der Waals surface area contributed by atoms with Crippen LogP contribution in [0.1, 0.15) is 24.4 Å². The number of aliphatic imine (C=N–C) groups is 1. The van der Waals surface area contributed by atoms with Gasteiger partial charge in [-0.15, -0.1) is 29.1 Å². The highest BCUT2D eigenvalue weighted by atomic mass is 127. The number of nitriles is 1. The van der Waals surface area contributed by atoms with E-state index in [1.54, 1.807) is 12.1 Å². The Hall–Kier alpha value is -1.57. The molecule has 7 nitrogen and oxygen atoms in total. The van der Waals surface area contributed by atoms with Gasteiger partial charge in [-0.25, -0.2) is 9.67 Å². The van der Waals surface area contributed by atoms with Gasteiger partial charge in [0.15, 0.2) is 5.96 Å². The van der Waals surface area contributed by atoms with E-state index in [9.17, 15) is 0 Å². The van der Waals surface area contributed by atoms with E-state index in [0.717, 1.165) is 5.56 Å². The highest BCUT2D eigenvalue weighted by Gasteiger charge is 2.10. The van der Waals surface area contributed by atoms with Crippen LogP contribution in [0.15, 0.2) is 29.5 Å². The van der Waals surface area contributed by atoms with E-state index >= 15 is 0 Å². The Morgan fingerprint density at radius 3 is 2.88 bits per heavy atom. The Morgan fingerprint density at radius 2 is 2.25 bits per heavy atom. The molecule has 2 rings (SSSR count). The number of halogens is 3. The van der Waals surface area contributed by atoms with Crippen LogP contribution in [0.5, 0.6) is 0 Å². The fourth-order valence-electron chi connectivity index (χ4n) is 1.92. The Balaban J connectivity index is 0.00000288. The highest BCUT2D eigenvalue weighted by Crippen LogP contribution is 2.25. The summed E-state index contributed by atoms with van der Waals surface area (Å²) in [6.45, 7) is 2.81. The molecule has 0 spiro atoms. The third kappa shape index (κ3) is 5.81. The maximum Gasteiger partial charge on any atom is 0.252 e. The number of nitrogens with two attached hydrogens (primary N) is 1. The molecule has 0 aliphatic carbocycles. The summed E-state index contributed by atoms with van der Waals surface area (Å²) in [5, 5.41) is 16.8. The second kappa shape index (κ2) is 9.66. The molecule has 1 aromatic carbocycles. The first kappa shape index (κ1) is 20.5. The standard InChI is InChI=1S/C14H15Cl2N7.HI/c1-9(11-3-2-10(15)6-12(11)16)21-14(18)19-4-5-23-8-20-13(7-17)22-23;/h2-3,6,8-9H,4-5H2,1H3,(H3,18,19,21);1H. The van der Waals surface area contributed by atoms with E-state index < -0.39 is 0 Å². The van der Waals surface area contributed by atoms with Gasteiger partial charge in [0.1, 0.15) is 12.4 Å². The third-order valence-corrected chi connectivity index (χ3v) is 3.60. The predicted octanol–water partition coefficient (Wildman–Crippen LogP) is 2.74. The van der Waals surface area contributed by atoms with Gasteiger partial charge in [0.25, 0.3) is 5.82 Å². The summed E-state index contributed by atoms with van der Waals surface area (Å²) in [6.07, 6.45) is 1.48. The first-order valence-electron chi connectivity index (χ1n) is 6.80. The van der Waals surface area contributed by atoms with Crippen LogP contribution in [0.25, 0.3) is 0 Å². The minimum atomic E-state index is -0.111. The van der Waals surface area contributed by atoms with Crippen molar-refractivity contribution in [3.63, 3.8) is 0 Å². The fourth-order valence-corrected chi connectivity index (χ4v) is 2.50. The van der Waals surface area contributed by atoms with Crippen LogP contribution in [0.4, 0.5) is 0 Å². The summed E-state index contributed by atoms with van der Waals surface area (Å²) >= 11 is 12.0. The van der Waals surface area contributed by atoms with Gasteiger partial charge in [-0.05, 0) is 24.6 Å². The zero-order valence-corrected chi connectivity index (χ0v) is 16.6. The first-order chi connectivity index (χ1) is 11.0. The van der Waals surface area contributed by atoms with Crippen molar-refractivity contribution in [2.24, 2.45) is 10.7 Å². The first-order valence-corrected chi connectivity index (χ1v) is 7.56. The molecule has 128 valence electrons. The number of nitrogens with one attached hydrogen (secondary N) is 1. The summed E-state index contributed by atoms with van der Waals surface area (Å²) < 4.78 is 1.54. The molecule has 1 heterocycles. The molecule has 0 saturated heterocycles. The average molecular weight is 480 g/mol. The van der Waals surface area contributed by atoms with Crippen LogP contribution in [0.2, 0.25) is 10.0 Å². The molecule has 3 N–H and O–H groups in total. The number of hydrogen-bond donors (Lipinski definition) is 2. The van der Waals surface area contributed by atoms with Crippen molar-refractivity contribution in [1.82, 2.24) is 20.1 Å². The van der Waals surface area contributed by atoms with Crippen molar-refractivity contribution in [1.29, 1.82) is 5.26 Å². The number of hydrogen-bond acceptors (Lipinski definition) is 4. The molecule has 1 aromatic heterocycles. The maximum absolute atomic E-state index is 8.65. The normalized spacial score (nSPS) is 12.2. The molecule has 0 bridgehead atoms. The van der Waals surface area contributed by atoms with Gasteiger partial charge >= 0.3 is 0 Å². The predicted molar refractivity (Wildman–Crippen MR) is 105 cm³/mol. The molecular formula is C14H16Cl2IN7. The minimum Gasteiger partial charge on any atom is -0.370 e. The van der Waals surface area contributed by atoms with Gasteiger partial charge in [-0.1, -0.05) is 29.3 Å². The molecule has 0 saturated carbocycles. The second-order valence-electron chi connectivity index (χ2n) is 4.74. The lowest BCUT2D eigenvalue weighted by molar-refractivity contribution is 0.618. The van der Waals surface area contributed by atoms with Crippen LogP contribution >= 0.6 is 47.2 Å². The van der Waals surface area contributed by atoms with Gasteiger partial charge < -0.3 is 11.1 Å². The SMILES string of the molecule is CC(NC(N)=NCCn1cnc(C#N)n1)c1ccc(Cl)cc1Cl.I. The van der Waals surface area contributed by atoms with Gasteiger partial charge in [-0.2, -0.15) is 5.26 Å². The number of nitrogens with zero attached hydrogens (tertiary/aromatic N) is 5. The average Bonchev–Trinajstić information content (AvgIpc) is 2.95. The van der Waals surface area contributed by atoms with Gasteiger partial charge in [0.2, 0.25) is 0 Å². The smallest absolute Gasteiger partial charge is 0.252 e. The van der Waals surface area contributed by atoms with Crippen LogP contribution in [0, 0.1) is 11.3 Å². The summed E-state index contributed by atoms with van der Waals surface area (Å²) in [7, 11) is 0. The summed E-state index contributed by atoms with van der Waals surface area (Å²) in [4.78, 5) is 8.02. The van der Waals surface area contributed by atoms with Crippen LogP contribution < -0.4 is 11.1 Å². The van der Waals surface area contributed by atoms with Crippen molar-refractivity contribution in [2.75, 3.05) is 6.54 Å². The van der Waals surface area contributed by atoms with E-state index in [0.29, 0.717) is 29.1 Å². The molecule has 1 unspecified atom stereocenters. The summed E-state index contributed by atoms with van der Waals surface area (Å²) in [5.41, 5.74) is 6.74. The molecule has 0 radical (unpaired) electrons. The topological polar surface area (TPSA) is 105 Å². The largest absolute Gasteiger partial charge is 0.370 e. The number of aromatic nitrogens is 3. The third-order valence-electron chi connectivity index (χ3n) is 3.04. The van der Waals surface area contributed by atoms with Crippen molar-refractivity contribution >= 4 is 53.1 Å². The maximum atomic E-state index is 8.65. The van der Waals surface area contributed by atoms with E-state index in [4.69, 9.17) is 34.2 Å². The Labute approximate surface area is 166 Å². The molecule has 0 aliphatic heterocycles. The number of benzene rings is 1. The van der Waals surface area contributed by atoms with E-state index in [2.05, 4.69) is 20.4 Å². The zero-order chi connectivity index (χ0) is 16.8. The van der Waals surface area contributed by atoms with E-state index in [1.165, 1.54) is 11.0 Å². The highest BCUT2D eigenvalue weighted by molar-refractivity contribution is 14.0. The number of guanidine groups is 1.